The van der Waals surface area contributed by atoms with E-state index in [1.54, 1.807) is 6.92 Å². The maximum Gasteiger partial charge on any atom is 0.319 e. The summed E-state index contributed by atoms with van der Waals surface area (Å²) < 4.78 is 17.9. The fourth-order valence-corrected chi connectivity index (χ4v) is 1.44. The molecule has 0 aliphatic rings. The molecule has 4 heteroatoms. The number of hydrogen-bond donors (Lipinski definition) is 0. The van der Waals surface area contributed by atoms with Crippen molar-refractivity contribution in [2.24, 2.45) is 5.41 Å². The number of rotatable bonds is 3. The molecular formula is C13H15FO3. The first kappa shape index (κ1) is 13.4. The lowest BCUT2D eigenvalue weighted by Gasteiger charge is -2.19. The molecule has 0 atom stereocenters. The average Bonchev–Trinajstić information content (AvgIpc) is 2.30. The second kappa shape index (κ2) is 4.65. The number of ketones is 1. The van der Waals surface area contributed by atoms with Gasteiger partial charge >= 0.3 is 5.97 Å². The van der Waals surface area contributed by atoms with Crippen molar-refractivity contribution in [2.45, 2.75) is 20.8 Å². The highest BCUT2D eigenvalue weighted by atomic mass is 19.1. The lowest BCUT2D eigenvalue weighted by molar-refractivity contribution is -0.147. The topological polar surface area (TPSA) is 43.4 Å². The van der Waals surface area contributed by atoms with Crippen molar-refractivity contribution in [3.05, 3.63) is 35.1 Å². The number of ether oxygens (including phenoxy) is 1. The molecule has 0 aromatic heterocycles. The quantitative estimate of drug-likeness (QED) is 0.461. The Hall–Kier alpha value is -1.71. The Morgan fingerprint density at radius 2 is 1.88 bits per heavy atom. The number of aryl methyl sites for hydroxylation is 1. The van der Waals surface area contributed by atoms with Crippen LogP contribution in [0.1, 0.15) is 29.8 Å². The third-order valence-corrected chi connectivity index (χ3v) is 2.70. The number of halogens is 1. The first-order chi connectivity index (χ1) is 7.80. The molecule has 0 amide bonds. The molecule has 0 aliphatic heterocycles. The van der Waals surface area contributed by atoms with E-state index in [1.807, 2.05) is 0 Å². The molecule has 0 radical (unpaired) electrons. The predicted molar refractivity (Wildman–Crippen MR) is 61.3 cm³/mol. The number of methoxy groups -OCH3 is 1. The summed E-state index contributed by atoms with van der Waals surface area (Å²) in [7, 11) is 1.22. The zero-order valence-electron chi connectivity index (χ0n) is 10.3. The highest BCUT2D eigenvalue weighted by Crippen LogP contribution is 2.24. The van der Waals surface area contributed by atoms with Gasteiger partial charge in [-0.25, -0.2) is 4.39 Å². The fraction of sp³-hybridized carbons (Fsp3) is 0.385. The molecule has 0 N–H and O–H groups in total. The van der Waals surface area contributed by atoms with Gasteiger partial charge in [-0.15, -0.1) is 0 Å². The van der Waals surface area contributed by atoms with Crippen molar-refractivity contribution in [2.75, 3.05) is 7.11 Å². The lowest BCUT2D eigenvalue weighted by atomic mass is 9.84. The van der Waals surface area contributed by atoms with Crippen molar-refractivity contribution < 1.29 is 18.7 Å². The Morgan fingerprint density at radius 3 is 2.35 bits per heavy atom. The Labute approximate surface area is 99.6 Å². The van der Waals surface area contributed by atoms with Crippen LogP contribution in [0.25, 0.3) is 0 Å². The normalized spacial score (nSPS) is 11.1. The summed E-state index contributed by atoms with van der Waals surface area (Å²) in [6.07, 6.45) is 0. The molecule has 92 valence electrons. The van der Waals surface area contributed by atoms with Gasteiger partial charge < -0.3 is 4.74 Å². The second-order valence-corrected chi connectivity index (χ2v) is 4.41. The molecule has 0 saturated carbocycles. The summed E-state index contributed by atoms with van der Waals surface area (Å²) in [5.41, 5.74) is -0.683. The van der Waals surface area contributed by atoms with Crippen LogP contribution in [0.5, 0.6) is 0 Å². The molecule has 3 nitrogen and oxygen atoms in total. The van der Waals surface area contributed by atoms with E-state index in [-0.39, 0.29) is 5.56 Å². The summed E-state index contributed by atoms with van der Waals surface area (Å²) in [6.45, 7) is 4.52. The zero-order valence-corrected chi connectivity index (χ0v) is 10.3. The summed E-state index contributed by atoms with van der Waals surface area (Å²) >= 11 is 0. The summed E-state index contributed by atoms with van der Waals surface area (Å²) in [5, 5.41) is 0. The minimum absolute atomic E-state index is 0.170. The van der Waals surface area contributed by atoms with E-state index >= 15 is 0 Å². The Morgan fingerprint density at radius 1 is 1.29 bits per heavy atom. The molecule has 0 bridgehead atoms. The third kappa shape index (κ3) is 2.52. The monoisotopic (exact) mass is 238 g/mol. The molecule has 0 saturated heterocycles. The van der Waals surface area contributed by atoms with E-state index in [9.17, 15) is 14.0 Å². The highest BCUT2D eigenvalue weighted by Gasteiger charge is 2.37. The van der Waals surface area contributed by atoms with E-state index in [2.05, 4.69) is 4.74 Å². The van der Waals surface area contributed by atoms with Crippen molar-refractivity contribution in [3.8, 4) is 0 Å². The summed E-state index contributed by atoms with van der Waals surface area (Å²) in [6, 6.07) is 4.16. The van der Waals surface area contributed by atoms with Gasteiger partial charge in [0.05, 0.1) is 7.11 Å². The Balaban J connectivity index is 3.12. The lowest BCUT2D eigenvalue weighted by Crippen LogP contribution is -2.34. The van der Waals surface area contributed by atoms with E-state index in [4.69, 9.17) is 0 Å². The van der Waals surface area contributed by atoms with Gasteiger partial charge in [-0.1, -0.05) is 12.1 Å². The van der Waals surface area contributed by atoms with Crippen LogP contribution >= 0.6 is 0 Å². The number of benzene rings is 1. The fourth-order valence-electron chi connectivity index (χ4n) is 1.44. The van der Waals surface area contributed by atoms with Crippen LogP contribution in [-0.4, -0.2) is 18.9 Å². The standard InChI is InChI=1S/C13H15FO3/c1-8-5-6-9(7-10(8)14)11(15)13(2,3)12(16)17-4/h5-7H,1-4H3. The molecule has 1 rings (SSSR count). The molecule has 17 heavy (non-hydrogen) atoms. The van der Waals surface area contributed by atoms with Gasteiger partial charge in [-0.3, -0.25) is 9.59 Å². The molecule has 0 heterocycles. The van der Waals surface area contributed by atoms with Crippen LogP contribution in [0.2, 0.25) is 0 Å². The van der Waals surface area contributed by atoms with Gasteiger partial charge in [0.1, 0.15) is 11.2 Å². The van der Waals surface area contributed by atoms with Crippen LogP contribution in [0.15, 0.2) is 18.2 Å². The minimum atomic E-state index is -1.31. The van der Waals surface area contributed by atoms with Gasteiger partial charge in [-0.05, 0) is 32.4 Å². The number of esters is 1. The SMILES string of the molecule is COC(=O)C(C)(C)C(=O)c1ccc(C)c(F)c1. The minimum Gasteiger partial charge on any atom is -0.468 e. The molecule has 0 aliphatic carbocycles. The Kier molecular flexibility index (Phi) is 3.66. The van der Waals surface area contributed by atoms with Gasteiger partial charge in [0, 0.05) is 5.56 Å². The van der Waals surface area contributed by atoms with Crippen molar-refractivity contribution in [1.82, 2.24) is 0 Å². The van der Waals surface area contributed by atoms with Crippen LogP contribution in [0.4, 0.5) is 4.39 Å². The average molecular weight is 238 g/mol. The first-order valence-corrected chi connectivity index (χ1v) is 5.20. The van der Waals surface area contributed by atoms with Gasteiger partial charge in [-0.2, -0.15) is 0 Å². The van der Waals surface area contributed by atoms with Crippen LogP contribution < -0.4 is 0 Å². The van der Waals surface area contributed by atoms with Crippen molar-refractivity contribution >= 4 is 11.8 Å². The van der Waals surface area contributed by atoms with Crippen LogP contribution in [0.3, 0.4) is 0 Å². The van der Waals surface area contributed by atoms with E-state index < -0.39 is 23.0 Å². The van der Waals surface area contributed by atoms with Crippen molar-refractivity contribution in [1.29, 1.82) is 0 Å². The highest BCUT2D eigenvalue weighted by molar-refractivity contribution is 6.11. The smallest absolute Gasteiger partial charge is 0.319 e. The van der Waals surface area contributed by atoms with Gasteiger partial charge in [0.2, 0.25) is 0 Å². The molecule has 0 spiro atoms. The van der Waals surface area contributed by atoms with Crippen LogP contribution in [0, 0.1) is 18.2 Å². The molecule has 0 unspecified atom stereocenters. The molecule has 1 aromatic carbocycles. The molecule has 0 fully saturated rings. The summed E-state index contributed by atoms with van der Waals surface area (Å²) in [4.78, 5) is 23.5. The predicted octanol–water partition coefficient (Wildman–Crippen LogP) is 2.52. The number of Topliss-reactive ketones (excluding diaryl/α,β-unsaturated/α-hetero) is 1. The van der Waals surface area contributed by atoms with Gasteiger partial charge in [0.15, 0.2) is 5.78 Å². The van der Waals surface area contributed by atoms with E-state index in [1.165, 1.54) is 33.1 Å². The maximum atomic E-state index is 13.3. The van der Waals surface area contributed by atoms with Gasteiger partial charge in [0.25, 0.3) is 0 Å². The number of carbonyl (C=O) groups is 2. The second-order valence-electron chi connectivity index (χ2n) is 4.41. The number of hydrogen-bond acceptors (Lipinski definition) is 3. The number of carbonyl (C=O) groups excluding carboxylic acids is 2. The summed E-state index contributed by atoms with van der Waals surface area (Å²) in [5.74, 6) is -1.55. The largest absolute Gasteiger partial charge is 0.468 e. The zero-order chi connectivity index (χ0) is 13.2. The Bertz CT molecular complexity index is 464. The first-order valence-electron chi connectivity index (χ1n) is 5.20. The van der Waals surface area contributed by atoms with Crippen molar-refractivity contribution in [3.63, 3.8) is 0 Å². The van der Waals surface area contributed by atoms with E-state index in [0.29, 0.717) is 5.56 Å². The molecular weight excluding hydrogens is 223 g/mol. The third-order valence-electron chi connectivity index (χ3n) is 2.70. The van der Waals surface area contributed by atoms with Crippen LogP contribution in [-0.2, 0) is 9.53 Å². The molecule has 1 aromatic rings. The maximum absolute atomic E-state index is 13.3. The van der Waals surface area contributed by atoms with E-state index in [0.717, 1.165) is 6.07 Å².